The van der Waals surface area contributed by atoms with E-state index in [2.05, 4.69) is 39.6 Å². The van der Waals surface area contributed by atoms with Crippen LogP contribution in [0.4, 0.5) is 0 Å². The fourth-order valence-electron chi connectivity index (χ4n) is 2.14. The molecule has 0 spiro atoms. The Balaban J connectivity index is 1.93. The first-order valence-electron chi connectivity index (χ1n) is 6.76. The third-order valence-electron chi connectivity index (χ3n) is 3.32. The van der Waals surface area contributed by atoms with Gasteiger partial charge in [-0.05, 0) is 48.0 Å². The summed E-state index contributed by atoms with van der Waals surface area (Å²) in [4.78, 5) is 0. The van der Waals surface area contributed by atoms with Gasteiger partial charge in [-0.25, -0.2) is 0 Å². The molecular weight excluding hydrogens is 312 g/mol. The van der Waals surface area contributed by atoms with Crippen LogP contribution in [0.5, 0.6) is 0 Å². The highest BCUT2D eigenvalue weighted by molar-refractivity contribution is 7.72. The SMILES string of the molecule is CC(=Nn1c(=S)[nH][nH]c1=S)c1ccc(-c2ccccc2)cc1. The van der Waals surface area contributed by atoms with Crippen molar-refractivity contribution in [1.29, 1.82) is 0 Å². The van der Waals surface area contributed by atoms with E-state index in [-0.39, 0.29) is 0 Å². The average molecular weight is 326 g/mol. The maximum absolute atomic E-state index is 5.13. The van der Waals surface area contributed by atoms with Crippen LogP contribution >= 0.6 is 24.4 Å². The molecule has 22 heavy (non-hydrogen) atoms. The molecule has 110 valence electrons. The van der Waals surface area contributed by atoms with E-state index in [1.165, 1.54) is 15.8 Å². The molecule has 0 atom stereocenters. The number of hydrogen-bond donors (Lipinski definition) is 2. The molecule has 6 heteroatoms. The van der Waals surface area contributed by atoms with E-state index < -0.39 is 0 Å². The topological polar surface area (TPSA) is 48.9 Å². The Kier molecular flexibility index (Phi) is 4.13. The molecule has 0 fully saturated rings. The van der Waals surface area contributed by atoms with Crippen LogP contribution in [0.3, 0.4) is 0 Å². The lowest BCUT2D eigenvalue weighted by Crippen LogP contribution is -2.00. The summed E-state index contributed by atoms with van der Waals surface area (Å²) in [7, 11) is 0. The van der Waals surface area contributed by atoms with Crippen molar-refractivity contribution < 1.29 is 0 Å². The number of nitrogens with one attached hydrogen (secondary N) is 2. The monoisotopic (exact) mass is 326 g/mol. The van der Waals surface area contributed by atoms with E-state index >= 15 is 0 Å². The second kappa shape index (κ2) is 6.21. The van der Waals surface area contributed by atoms with Crippen LogP contribution in [-0.2, 0) is 0 Å². The molecule has 2 N–H and O–H groups in total. The van der Waals surface area contributed by atoms with Crippen molar-refractivity contribution in [3.05, 3.63) is 69.7 Å². The predicted molar refractivity (Wildman–Crippen MR) is 94.3 cm³/mol. The third-order valence-corrected chi connectivity index (χ3v) is 3.87. The number of hydrogen-bond acceptors (Lipinski definition) is 3. The number of nitrogens with zero attached hydrogens (tertiary/aromatic N) is 2. The first kappa shape index (κ1) is 14.6. The lowest BCUT2D eigenvalue weighted by Gasteiger charge is -2.04. The van der Waals surface area contributed by atoms with E-state index in [1.54, 1.807) is 0 Å². The second-order valence-corrected chi connectivity index (χ2v) is 5.57. The summed E-state index contributed by atoms with van der Waals surface area (Å²) in [6.07, 6.45) is 0. The summed E-state index contributed by atoms with van der Waals surface area (Å²) in [5, 5.41) is 9.99. The predicted octanol–water partition coefficient (Wildman–Crippen LogP) is 4.54. The molecule has 0 radical (unpaired) electrons. The Morgan fingerprint density at radius 3 is 2.00 bits per heavy atom. The van der Waals surface area contributed by atoms with Crippen LogP contribution in [0.25, 0.3) is 11.1 Å². The van der Waals surface area contributed by atoms with E-state index in [9.17, 15) is 0 Å². The largest absolute Gasteiger partial charge is 0.273 e. The first-order valence-corrected chi connectivity index (χ1v) is 7.58. The van der Waals surface area contributed by atoms with E-state index in [0.717, 1.165) is 11.3 Å². The van der Waals surface area contributed by atoms with Crippen molar-refractivity contribution in [3.8, 4) is 11.1 Å². The third kappa shape index (κ3) is 2.98. The normalized spacial score (nSPS) is 11.6. The number of aromatic amines is 2. The van der Waals surface area contributed by atoms with Gasteiger partial charge in [0, 0.05) is 0 Å². The summed E-state index contributed by atoms with van der Waals surface area (Å²) < 4.78 is 2.40. The average Bonchev–Trinajstić information content (AvgIpc) is 2.88. The van der Waals surface area contributed by atoms with Gasteiger partial charge in [-0.1, -0.05) is 54.6 Å². The molecule has 3 rings (SSSR count). The van der Waals surface area contributed by atoms with Crippen LogP contribution in [-0.4, -0.2) is 20.6 Å². The molecule has 1 heterocycles. The quantitative estimate of drug-likeness (QED) is 0.548. The lowest BCUT2D eigenvalue weighted by atomic mass is 10.0. The molecule has 0 aliphatic rings. The Hall–Kier alpha value is -2.31. The van der Waals surface area contributed by atoms with Crippen molar-refractivity contribution in [3.63, 3.8) is 0 Å². The maximum Gasteiger partial charge on any atom is 0.215 e. The maximum atomic E-state index is 5.13. The molecule has 3 aromatic rings. The van der Waals surface area contributed by atoms with E-state index in [1.807, 2.05) is 37.3 Å². The summed E-state index contributed by atoms with van der Waals surface area (Å²) in [6, 6.07) is 18.5. The summed E-state index contributed by atoms with van der Waals surface area (Å²) in [5.74, 6) is 0. The highest BCUT2D eigenvalue weighted by atomic mass is 32.1. The van der Waals surface area contributed by atoms with Crippen LogP contribution in [0, 0.1) is 9.54 Å². The van der Waals surface area contributed by atoms with Crippen LogP contribution in [0.15, 0.2) is 59.7 Å². The van der Waals surface area contributed by atoms with Crippen molar-refractivity contribution in [2.75, 3.05) is 0 Å². The molecule has 4 nitrogen and oxygen atoms in total. The molecule has 0 aliphatic carbocycles. The summed E-state index contributed by atoms with van der Waals surface area (Å²) in [5.41, 5.74) is 4.23. The van der Waals surface area contributed by atoms with Gasteiger partial charge in [0.1, 0.15) is 0 Å². The standard InChI is InChI=1S/C16H14N4S2/c1-11(19-20-15(21)17-18-16(20)22)12-7-9-14(10-8-12)13-5-3-2-4-6-13/h2-10H,1H3,(H,17,21)(H,18,22). The van der Waals surface area contributed by atoms with Crippen molar-refractivity contribution in [1.82, 2.24) is 14.9 Å². The van der Waals surface area contributed by atoms with Crippen LogP contribution in [0.2, 0.25) is 0 Å². The van der Waals surface area contributed by atoms with Gasteiger partial charge in [-0.15, -0.1) is 0 Å². The Bertz CT molecular complexity index is 888. The van der Waals surface area contributed by atoms with Gasteiger partial charge < -0.3 is 0 Å². The number of aromatic nitrogens is 3. The number of H-pyrrole nitrogens is 2. The first-order chi connectivity index (χ1) is 10.6. The molecular formula is C16H14N4S2. The Morgan fingerprint density at radius 2 is 1.41 bits per heavy atom. The van der Waals surface area contributed by atoms with Gasteiger partial charge >= 0.3 is 0 Å². The van der Waals surface area contributed by atoms with E-state index in [0.29, 0.717) is 9.54 Å². The molecule has 0 bridgehead atoms. The van der Waals surface area contributed by atoms with Gasteiger partial charge in [0.15, 0.2) is 0 Å². The van der Waals surface area contributed by atoms with Gasteiger partial charge in [-0.3, -0.25) is 10.2 Å². The van der Waals surface area contributed by atoms with Crippen LogP contribution in [0.1, 0.15) is 12.5 Å². The summed E-state index contributed by atoms with van der Waals surface area (Å²) in [6.45, 7) is 1.93. The molecule has 0 unspecified atom stereocenters. The lowest BCUT2D eigenvalue weighted by molar-refractivity contribution is 0.842. The van der Waals surface area contributed by atoms with Crippen molar-refractivity contribution in [2.24, 2.45) is 5.10 Å². The zero-order valence-corrected chi connectivity index (χ0v) is 13.5. The van der Waals surface area contributed by atoms with Gasteiger partial charge in [0.2, 0.25) is 9.54 Å². The Morgan fingerprint density at radius 1 is 0.864 bits per heavy atom. The highest BCUT2D eigenvalue weighted by Crippen LogP contribution is 2.19. The van der Waals surface area contributed by atoms with Gasteiger partial charge in [-0.2, -0.15) is 9.78 Å². The van der Waals surface area contributed by atoms with Crippen molar-refractivity contribution >= 4 is 30.1 Å². The molecule has 0 amide bonds. The molecule has 0 aliphatic heterocycles. The molecule has 0 saturated heterocycles. The van der Waals surface area contributed by atoms with Gasteiger partial charge in [0.05, 0.1) is 5.71 Å². The van der Waals surface area contributed by atoms with Crippen LogP contribution < -0.4 is 0 Å². The molecule has 2 aromatic carbocycles. The van der Waals surface area contributed by atoms with Gasteiger partial charge in [0.25, 0.3) is 0 Å². The Labute approximate surface area is 138 Å². The zero-order valence-electron chi connectivity index (χ0n) is 11.9. The highest BCUT2D eigenvalue weighted by Gasteiger charge is 2.02. The minimum Gasteiger partial charge on any atom is -0.273 e. The minimum atomic E-state index is 0.449. The number of rotatable bonds is 3. The summed E-state index contributed by atoms with van der Waals surface area (Å²) >= 11 is 10.3. The second-order valence-electron chi connectivity index (χ2n) is 4.80. The molecule has 0 saturated carbocycles. The molecule has 1 aromatic heterocycles. The minimum absolute atomic E-state index is 0.449. The zero-order chi connectivity index (χ0) is 15.5. The van der Waals surface area contributed by atoms with Crippen molar-refractivity contribution in [2.45, 2.75) is 6.92 Å². The fraction of sp³-hybridized carbons (Fsp3) is 0.0625. The fourth-order valence-corrected chi connectivity index (χ4v) is 2.56. The van der Waals surface area contributed by atoms with E-state index in [4.69, 9.17) is 24.4 Å². The number of benzene rings is 2. The smallest absolute Gasteiger partial charge is 0.215 e.